The highest BCUT2D eigenvalue weighted by molar-refractivity contribution is 7.92. The Hall–Kier alpha value is -1.36. The van der Waals surface area contributed by atoms with Crippen molar-refractivity contribution < 1.29 is 18.3 Å². The van der Waals surface area contributed by atoms with Crippen LogP contribution in [0.15, 0.2) is 11.0 Å². The molecular weight excluding hydrogens is 240 g/mol. The summed E-state index contributed by atoms with van der Waals surface area (Å²) in [5.41, 5.74) is 1.99. The van der Waals surface area contributed by atoms with Crippen molar-refractivity contribution >= 4 is 15.8 Å². The number of aromatic carboxylic acids is 1. The van der Waals surface area contributed by atoms with Crippen molar-refractivity contribution in [3.8, 4) is 0 Å². The van der Waals surface area contributed by atoms with E-state index in [1.54, 1.807) is 20.8 Å². The lowest BCUT2D eigenvalue weighted by Gasteiger charge is -2.10. The molecule has 0 radical (unpaired) electrons. The van der Waals surface area contributed by atoms with E-state index in [1.165, 1.54) is 6.07 Å². The van der Waals surface area contributed by atoms with E-state index in [0.29, 0.717) is 28.0 Å². The van der Waals surface area contributed by atoms with Crippen LogP contribution in [0.3, 0.4) is 0 Å². The molecular formula is C12H14O4S. The molecule has 0 bridgehead atoms. The van der Waals surface area contributed by atoms with Crippen molar-refractivity contribution in [3.63, 3.8) is 0 Å². The smallest absolute Gasteiger partial charge is 0.335 e. The first-order valence-corrected chi connectivity index (χ1v) is 6.91. The van der Waals surface area contributed by atoms with Gasteiger partial charge >= 0.3 is 5.97 Å². The van der Waals surface area contributed by atoms with Gasteiger partial charge in [0.25, 0.3) is 0 Å². The summed E-state index contributed by atoms with van der Waals surface area (Å²) in [6, 6.07) is 1.45. The first kappa shape index (κ1) is 12.1. The molecule has 1 aliphatic heterocycles. The van der Waals surface area contributed by atoms with Crippen LogP contribution in [0.4, 0.5) is 0 Å². The lowest BCUT2D eigenvalue weighted by molar-refractivity contribution is 0.0695. The quantitative estimate of drug-likeness (QED) is 0.828. The number of carboxylic acids is 1. The van der Waals surface area contributed by atoms with E-state index < -0.39 is 21.1 Å². The molecule has 1 aromatic rings. The van der Waals surface area contributed by atoms with Crippen molar-refractivity contribution in [1.29, 1.82) is 0 Å². The van der Waals surface area contributed by atoms with Crippen LogP contribution >= 0.6 is 0 Å². The summed E-state index contributed by atoms with van der Waals surface area (Å²) in [6.45, 7) is 4.99. The van der Waals surface area contributed by atoms with Crippen LogP contribution in [0.25, 0.3) is 0 Å². The summed E-state index contributed by atoms with van der Waals surface area (Å²) >= 11 is 0. The molecule has 0 saturated heterocycles. The summed E-state index contributed by atoms with van der Waals surface area (Å²) in [5, 5.41) is 8.61. The number of aryl methyl sites for hydroxylation is 1. The molecule has 0 aromatic heterocycles. The van der Waals surface area contributed by atoms with E-state index in [1.807, 2.05) is 0 Å². The van der Waals surface area contributed by atoms with Crippen LogP contribution in [0.5, 0.6) is 0 Å². The second-order valence-electron chi connectivity index (χ2n) is 4.54. The number of benzene rings is 1. The predicted octanol–water partition coefficient (Wildman–Crippen LogP) is 1.72. The lowest BCUT2D eigenvalue weighted by atomic mass is 9.96. The number of sulfone groups is 1. The number of hydrogen-bond donors (Lipinski definition) is 1. The average molecular weight is 254 g/mol. The van der Waals surface area contributed by atoms with Gasteiger partial charge in [0.1, 0.15) is 0 Å². The second kappa shape index (κ2) is 3.57. The maximum atomic E-state index is 12.1. The molecule has 4 nitrogen and oxygen atoms in total. The van der Waals surface area contributed by atoms with E-state index in [2.05, 4.69) is 0 Å². The van der Waals surface area contributed by atoms with E-state index >= 15 is 0 Å². The molecule has 0 spiro atoms. The molecule has 0 aliphatic carbocycles. The highest BCUT2D eigenvalue weighted by Crippen LogP contribution is 2.37. The minimum absolute atomic E-state index is 0.200. The highest BCUT2D eigenvalue weighted by Gasteiger charge is 2.37. The maximum absolute atomic E-state index is 12.1. The molecule has 1 unspecified atom stereocenters. The molecule has 0 amide bonds. The average Bonchev–Trinajstić information content (AvgIpc) is 2.44. The van der Waals surface area contributed by atoms with Gasteiger partial charge in [-0.15, -0.1) is 0 Å². The van der Waals surface area contributed by atoms with Gasteiger partial charge in [0.15, 0.2) is 9.84 Å². The maximum Gasteiger partial charge on any atom is 0.335 e. The fourth-order valence-electron chi connectivity index (χ4n) is 2.42. The Labute approximate surface area is 100 Å². The van der Waals surface area contributed by atoms with Crippen LogP contribution in [-0.2, 0) is 16.3 Å². The molecule has 92 valence electrons. The Morgan fingerprint density at radius 1 is 1.41 bits per heavy atom. The summed E-state index contributed by atoms with van der Waals surface area (Å²) in [4.78, 5) is 11.4. The van der Waals surface area contributed by atoms with Crippen LogP contribution < -0.4 is 0 Å². The summed E-state index contributed by atoms with van der Waals surface area (Å²) in [7, 11) is -3.27. The Morgan fingerprint density at radius 3 is 2.53 bits per heavy atom. The van der Waals surface area contributed by atoms with E-state index in [4.69, 9.17) is 5.11 Å². The Bertz CT molecular complexity index is 614. The van der Waals surface area contributed by atoms with Gasteiger partial charge in [-0.05, 0) is 49.9 Å². The van der Waals surface area contributed by atoms with Crippen molar-refractivity contribution in [2.24, 2.45) is 0 Å². The molecule has 1 aliphatic rings. The topological polar surface area (TPSA) is 71.4 Å². The Morgan fingerprint density at radius 2 is 2.00 bits per heavy atom. The van der Waals surface area contributed by atoms with Gasteiger partial charge in [-0.2, -0.15) is 0 Å². The second-order valence-corrected chi connectivity index (χ2v) is 6.84. The van der Waals surface area contributed by atoms with E-state index in [0.717, 1.165) is 0 Å². The zero-order valence-electron chi connectivity index (χ0n) is 9.94. The zero-order chi connectivity index (χ0) is 13.0. The first-order chi connectivity index (χ1) is 7.76. The molecule has 1 aromatic carbocycles. The summed E-state index contributed by atoms with van der Waals surface area (Å²) in [6.07, 6.45) is 0.408. The van der Waals surface area contributed by atoms with Crippen molar-refractivity contribution in [2.45, 2.75) is 37.3 Å². The highest BCUT2D eigenvalue weighted by atomic mass is 32.2. The molecule has 2 rings (SSSR count). The standard InChI is InChI=1S/C12H14O4S/c1-6-4-10(12(13)14)8(3)9-5-7(2)17(15,16)11(6)9/h4,7H,5H2,1-3H3,(H,13,14). The van der Waals surface area contributed by atoms with Crippen molar-refractivity contribution in [2.75, 3.05) is 0 Å². The van der Waals surface area contributed by atoms with E-state index in [-0.39, 0.29) is 5.56 Å². The number of carbonyl (C=O) groups is 1. The third-order valence-corrected chi connectivity index (χ3v) is 5.75. The minimum atomic E-state index is -3.27. The fourth-order valence-corrected chi connectivity index (χ4v) is 4.30. The third kappa shape index (κ3) is 1.57. The normalized spacial score (nSPS) is 21.2. The van der Waals surface area contributed by atoms with Crippen LogP contribution in [0, 0.1) is 13.8 Å². The molecule has 0 saturated carbocycles. The largest absolute Gasteiger partial charge is 0.478 e. The number of hydrogen-bond acceptors (Lipinski definition) is 3. The van der Waals surface area contributed by atoms with Gasteiger partial charge in [0.05, 0.1) is 15.7 Å². The number of rotatable bonds is 1. The molecule has 5 heteroatoms. The summed E-state index contributed by atoms with van der Waals surface area (Å²) < 4.78 is 24.2. The Balaban J connectivity index is 2.84. The van der Waals surface area contributed by atoms with Gasteiger partial charge < -0.3 is 5.11 Å². The van der Waals surface area contributed by atoms with Gasteiger partial charge in [0, 0.05) is 0 Å². The van der Waals surface area contributed by atoms with Crippen LogP contribution in [-0.4, -0.2) is 24.7 Å². The monoisotopic (exact) mass is 254 g/mol. The van der Waals surface area contributed by atoms with Crippen molar-refractivity contribution in [3.05, 3.63) is 28.3 Å². The van der Waals surface area contributed by atoms with Crippen LogP contribution in [0.1, 0.15) is 34.0 Å². The zero-order valence-corrected chi connectivity index (χ0v) is 10.8. The molecule has 17 heavy (non-hydrogen) atoms. The van der Waals surface area contributed by atoms with Gasteiger partial charge in [0.2, 0.25) is 0 Å². The minimum Gasteiger partial charge on any atom is -0.478 e. The molecule has 1 atom stereocenters. The third-order valence-electron chi connectivity index (χ3n) is 3.39. The number of fused-ring (bicyclic) bond motifs is 1. The molecule has 1 heterocycles. The lowest BCUT2D eigenvalue weighted by Crippen LogP contribution is -2.12. The predicted molar refractivity (Wildman–Crippen MR) is 63.2 cm³/mol. The van der Waals surface area contributed by atoms with E-state index in [9.17, 15) is 13.2 Å². The van der Waals surface area contributed by atoms with Gasteiger partial charge in [-0.1, -0.05) is 0 Å². The molecule has 1 N–H and O–H groups in total. The number of carboxylic acid groups (broad SMARTS) is 1. The fraction of sp³-hybridized carbons (Fsp3) is 0.417. The Kier molecular flexibility index (Phi) is 2.54. The van der Waals surface area contributed by atoms with Gasteiger partial charge in [-0.25, -0.2) is 13.2 Å². The SMILES string of the molecule is Cc1cc(C(=O)O)c(C)c2c1S(=O)(=O)C(C)C2. The first-order valence-electron chi connectivity index (χ1n) is 5.37. The summed E-state index contributed by atoms with van der Waals surface area (Å²) in [5.74, 6) is -1.01. The molecule has 0 fully saturated rings. The van der Waals surface area contributed by atoms with Crippen molar-refractivity contribution in [1.82, 2.24) is 0 Å². The van der Waals surface area contributed by atoms with Crippen LogP contribution in [0.2, 0.25) is 0 Å². The van der Waals surface area contributed by atoms with Gasteiger partial charge in [-0.3, -0.25) is 0 Å².